The quantitative estimate of drug-likeness (QED) is 0.686. The average molecular weight is 385 g/mol. The highest BCUT2D eigenvalue weighted by molar-refractivity contribution is 5.76. The van der Waals surface area contributed by atoms with Crippen molar-refractivity contribution in [3.05, 3.63) is 47.4 Å². The highest BCUT2D eigenvalue weighted by Gasteiger charge is 2.29. The second-order valence-electron chi connectivity index (χ2n) is 6.15. The number of carbonyl (C=O) groups excluding carboxylic acids is 1. The van der Waals surface area contributed by atoms with E-state index in [1.54, 1.807) is 24.1 Å². The normalized spacial score (nSPS) is 11.3. The number of ether oxygens (including phenoxy) is 2. The molecular weight excluding hydrogens is 363 g/mol. The Kier molecular flexibility index (Phi) is 6.76. The molecule has 0 aliphatic carbocycles. The molecule has 0 atom stereocenters. The molecule has 0 saturated carbocycles. The Bertz CT molecular complexity index is 771. The number of hydrogen-bond donors (Lipinski definition) is 0. The Morgan fingerprint density at radius 2 is 1.93 bits per heavy atom. The molecule has 0 fully saturated rings. The topological polar surface area (TPSA) is 51.9 Å². The molecular formula is C19H22F3NO4. The SMILES string of the molecule is COc1cc(CCC(=O)N(C)Cc2ccc(C)o2)ccc1OCC(F)(F)F. The monoisotopic (exact) mass is 385 g/mol. The van der Waals surface area contributed by atoms with Crippen LogP contribution in [0.25, 0.3) is 0 Å². The lowest BCUT2D eigenvalue weighted by atomic mass is 10.1. The molecule has 0 saturated heterocycles. The first-order valence-corrected chi connectivity index (χ1v) is 8.33. The van der Waals surface area contributed by atoms with E-state index in [0.29, 0.717) is 18.7 Å². The van der Waals surface area contributed by atoms with E-state index >= 15 is 0 Å². The van der Waals surface area contributed by atoms with Crippen molar-refractivity contribution in [3.63, 3.8) is 0 Å². The van der Waals surface area contributed by atoms with E-state index in [9.17, 15) is 18.0 Å². The molecule has 2 aromatic rings. The van der Waals surface area contributed by atoms with Gasteiger partial charge in [0.05, 0.1) is 13.7 Å². The van der Waals surface area contributed by atoms with Gasteiger partial charge in [-0.05, 0) is 43.2 Å². The minimum atomic E-state index is -4.42. The Hall–Kier alpha value is -2.64. The molecule has 0 aliphatic rings. The molecule has 0 aliphatic heterocycles. The molecule has 1 aromatic heterocycles. The number of hydrogen-bond acceptors (Lipinski definition) is 4. The van der Waals surface area contributed by atoms with Crippen molar-refractivity contribution in [2.24, 2.45) is 0 Å². The molecule has 27 heavy (non-hydrogen) atoms. The van der Waals surface area contributed by atoms with Crippen LogP contribution in [0.1, 0.15) is 23.5 Å². The largest absolute Gasteiger partial charge is 0.493 e. The average Bonchev–Trinajstić information content (AvgIpc) is 3.02. The Labute approximate surface area is 155 Å². The summed E-state index contributed by atoms with van der Waals surface area (Å²) in [6.45, 7) is 0.819. The minimum absolute atomic E-state index is 0.00945. The number of benzene rings is 1. The number of amides is 1. The van der Waals surface area contributed by atoms with Gasteiger partial charge in [-0.1, -0.05) is 6.07 Å². The zero-order valence-corrected chi connectivity index (χ0v) is 15.4. The van der Waals surface area contributed by atoms with Crippen LogP contribution in [0.2, 0.25) is 0 Å². The van der Waals surface area contributed by atoms with Crippen LogP contribution in [0.15, 0.2) is 34.7 Å². The Balaban J connectivity index is 1.91. The van der Waals surface area contributed by atoms with Gasteiger partial charge in [0.25, 0.3) is 0 Å². The number of rotatable bonds is 8. The minimum Gasteiger partial charge on any atom is -0.493 e. The summed E-state index contributed by atoms with van der Waals surface area (Å²) in [4.78, 5) is 13.8. The van der Waals surface area contributed by atoms with Crippen molar-refractivity contribution in [1.82, 2.24) is 4.90 Å². The number of furan rings is 1. The molecule has 0 N–H and O–H groups in total. The van der Waals surface area contributed by atoms with Gasteiger partial charge in [0, 0.05) is 13.5 Å². The van der Waals surface area contributed by atoms with Gasteiger partial charge in [0.15, 0.2) is 18.1 Å². The number of alkyl halides is 3. The van der Waals surface area contributed by atoms with Gasteiger partial charge >= 0.3 is 6.18 Å². The number of halogens is 3. The van der Waals surface area contributed by atoms with Gasteiger partial charge in [0.2, 0.25) is 5.91 Å². The summed E-state index contributed by atoms with van der Waals surface area (Å²) in [5.74, 6) is 1.63. The predicted molar refractivity (Wildman–Crippen MR) is 92.8 cm³/mol. The molecule has 148 valence electrons. The highest BCUT2D eigenvalue weighted by Crippen LogP contribution is 2.30. The van der Waals surface area contributed by atoms with Crippen LogP contribution in [0.3, 0.4) is 0 Å². The lowest BCUT2D eigenvalue weighted by molar-refractivity contribution is -0.153. The second kappa shape index (κ2) is 8.83. The van der Waals surface area contributed by atoms with Crippen LogP contribution < -0.4 is 9.47 Å². The number of nitrogens with zero attached hydrogens (tertiary/aromatic N) is 1. The lowest BCUT2D eigenvalue weighted by Crippen LogP contribution is -2.26. The number of aryl methyl sites for hydroxylation is 2. The van der Waals surface area contributed by atoms with Gasteiger partial charge < -0.3 is 18.8 Å². The zero-order valence-electron chi connectivity index (χ0n) is 15.4. The molecule has 0 spiro atoms. The third-order valence-electron chi connectivity index (χ3n) is 3.86. The van der Waals surface area contributed by atoms with E-state index in [1.165, 1.54) is 13.2 Å². The molecule has 0 radical (unpaired) electrons. The molecule has 0 bridgehead atoms. The van der Waals surface area contributed by atoms with E-state index < -0.39 is 12.8 Å². The third-order valence-corrected chi connectivity index (χ3v) is 3.86. The molecule has 1 heterocycles. The first-order valence-electron chi connectivity index (χ1n) is 8.33. The maximum Gasteiger partial charge on any atom is 0.422 e. The van der Waals surface area contributed by atoms with Crippen molar-refractivity contribution in [2.45, 2.75) is 32.5 Å². The van der Waals surface area contributed by atoms with Gasteiger partial charge in [0.1, 0.15) is 11.5 Å². The summed E-state index contributed by atoms with van der Waals surface area (Å²) in [6.07, 6.45) is -3.74. The van der Waals surface area contributed by atoms with Crippen molar-refractivity contribution in [1.29, 1.82) is 0 Å². The summed E-state index contributed by atoms with van der Waals surface area (Å²) in [5.41, 5.74) is 0.766. The van der Waals surface area contributed by atoms with Crippen LogP contribution in [0, 0.1) is 6.92 Å². The molecule has 2 rings (SSSR count). The molecule has 1 amide bonds. The lowest BCUT2D eigenvalue weighted by Gasteiger charge is -2.16. The van der Waals surface area contributed by atoms with E-state index in [0.717, 1.165) is 11.3 Å². The standard InChI is InChI=1S/C19H22F3NO4/c1-13-4-7-15(27-13)11-23(2)18(24)9-6-14-5-8-16(17(10-14)25-3)26-12-19(20,21)22/h4-5,7-8,10H,6,9,11-12H2,1-3H3. The van der Waals surface area contributed by atoms with Gasteiger partial charge in [-0.25, -0.2) is 0 Å². The predicted octanol–water partition coefficient (Wildman–Crippen LogP) is 4.13. The Morgan fingerprint density at radius 3 is 2.52 bits per heavy atom. The molecule has 5 nitrogen and oxygen atoms in total. The van der Waals surface area contributed by atoms with E-state index in [-0.39, 0.29) is 23.8 Å². The van der Waals surface area contributed by atoms with Crippen LogP contribution in [0.4, 0.5) is 13.2 Å². The van der Waals surface area contributed by atoms with E-state index in [4.69, 9.17) is 13.9 Å². The maximum absolute atomic E-state index is 12.3. The van der Waals surface area contributed by atoms with E-state index in [1.807, 2.05) is 19.1 Å². The van der Waals surface area contributed by atoms with Gasteiger partial charge in [-0.15, -0.1) is 0 Å². The van der Waals surface area contributed by atoms with Gasteiger partial charge in [-0.3, -0.25) is 4.79 Å². The molecule has 0 unspecified atom stereocenters. The Morgan fingerprint density at radius 1 is 1.19 bits per heavy atom. The van der Waals surface area contributed by atoms with Crippen LogP contribution in [-0.4, -0.2) is 37.7 Å². The summed E-state index contributed by atoms with van der Waals surface area (Å²) in [6, 6.07) is 8.28. The van der Waals surface area contributed by atoms with Crippen molar-refractivity contribution in [2.75, 3.05) is 20.8 Å². The van der Waals surface area contributed by atoms with Crippen LogP contribution >= 0.6 is 0 Å². The van der Waals surface area contributed by atoms with E-state index in [2.05, 4.69) is 0 Å². The molecule has 1 aromatic carbocycles. The summed E-state index contributed by atoms with van der Waals surface area (Å²) >= 11 is 0. The highest BCUT2D eigenvalue weighted by atomic mass is 19.4. The fourth-order valence-electron chi connectivity index (χ4n) is 2.48. The van der Waals surface area contributed by atoms with Crippen molar-refractivity contribution in [3.8, 4) is 11.5 Å². The van der Waals surface area contributed by atoms with Crippen LogP contribution in [-0.2, 0) is 17.8 Å². The first kappa shape index (κ1) is 20.7. The summed E-state index contributed by atoms with van der Waals surface area (Å²) < 4.78 is 52.1. The number of methoxy groups -OCH3 is 1. The fraction of sp³-hybridized carbons (Fsp3) is 0.421. The second-order valence-corrected chi connectivity index (χ2v) is 6.15. The fourth-order valence-corrected chi connectivity index (χ4v) is 2.48. The zero-order chi connectivity index (χ0) is 20.0. The first-order chi connectivity index (χ1) is 12.7. The maximum atomic E-state index is 12.3. The molecule has 8 heteroatoms. The third kappa shape index (κ3) is 6.54. The smallest absolute Gasteiger partial charge is 0.422 e. The van der Waals surface area contributed by atoms with Crippen molar-refractivity contribution >= 4 is 5.91 Å². The summed E-state index contributed by atoms with van der Waals surface area (Å²) in [7, 11) is 3.04. The van der Waals surface area contributed by atoms with Crippen molar-refractivity contribution < 1.29 is 31.9 Å². The van der Waals surface area contributed by atoms with Crippen LogP contribution in [0.5, 0.6) is 11.5 Å². The van der Waals surface area contributed by atoms with Gasteiger partial charge in [-0.2, -0.15) is 13.2 Å². The number of carbonyl (C=O) groups is 1. The summed E-state index contributed by atoms with van der Waals surface area (Å²) in [5, 5.41) is 0.